The van der Waals surface area contributed by atoms with E-state index in [0.717, 1.165) is 36.5 Å². The maximum atomic E-state index is 6.38. The molecule has 88 valence electrons. The summed E-state index contributed by atoms with van der Waals surface area (Å²) in [5.41, 5.74) is 9.59. The number of hydrogen-bond donors (Lipinski definition) is 1. The van der Waals surface area contributed by atoms with Gasteiger partial charge in [-0.05, 0) is 38.7 Å². The molecular formula is C13H21N3. The average molecular weight is 219 g/mol. The van der Waals surface area contributed by atoms with Crippen LogP contribution in [-0.2, 0) is 12.0 Å². The molecule has 16 heavy (non-hydrogen) atoms. The van der Waals surface area contributed by atoms with Gasteiger partial charge < -0.3 is 5.73 Å². The summed E-state index contributed by atoms with van der Waals surface area (Å²) in [7, 11) is 0. The number of aryl methyl sites for hydroxylation is 2. The topological polar surface area (TPSA) is 51.8 Å². The molecule has 1 aliphatic rings. The van der Waals surface area contributed by atoms with E-state index in [4.69, 9.17) is 5.73 Å². The van der Waals surface area contributed by atoms with Gasteiger partial charge in [-0.15, -0.1) is 0 Å². The molecule has 2 N–H and O–H groups in total. The van der Waals surface area contributed by atoms with Gasteiger partial charge in [-0.3, -0.25) is 0 Å². The van der Waals surface area contributed by atoms with Gasteiger partial charge in [-0.25, -0.2) is 9.97 Å². The first-order chi connectivity index (χ1) is 7.57. The molecular weight excluding hydrogens is 198 g/mol. The maximum Gasteiger partial charge on any atom is 0.148 e. The Hall–Kier alpha value is -0.960. The molecule has 0 amide bonds. The number of nitrogens with two attached hydrogens (primary N) is 1. The highest BCUT2D eigenvalue weighted by Gasteiger charge is 2.34. The molecule has 2 rings (SSSR count). The molecule has 0 radical (unpaired) electrons. The molecule has 0 aromatic carbocycles. The molecule has 3 nitrogen and oxygen atoms in total. The Morgan fingerprint density at radius 3 is 2.06 bits per heavy atom. The average Bonchev–Trinajstić information content (AvgIpc) is 2.66. The van der Waals surface area contributed by atoms with Gasteiger partial charge in [-0.2, -0.15) is 0 Å². The standard InChI is InChI=1S/C13H21N3/c1-4-11-9(2)15-12(16-10(11)3)13(14)7-5-6-8-13/h4-8,14H2,1-3H3. The smallest absolute Gasteiger partial charge is 0.148 e. The highest BCUT2D eigenvalue weighted by molar-refractivity contribution is 5.26. The summed E-state index contributed by atoms with van der Waals surface area (Å²) < 4.78 is 0. The third kappa shape index (κ3) is 1.84. The maximum absolute atomic E-state index is 6.38. The van der Waals surface area contributed by atoms with Gasteiger partial charge in [0.05, 0.1) is 5.54 Å². The number of rotatable bonds is 2. The van der Waals surface area contributed by atoms with Crippen molar-refractivity contribution in [2.45, 2.75) is 58.4 Å². The van der Waals surface area contributed by atoms with Crippen molar-refractivity contribution in [3.63, 3.8) is 0 Å². The zero-order chi connectivity index (χ0) is 11.8. The minimum atomic E-state index is -0.262. The summed E-state index contributed by atoms with van der Waals surface area (Å²) >= 11 is 0. The summed E-state index contributed by atoms with van der Waals surface area (Å²) in [6.45, 7) is 6.27. The van der Waals surface area contributed by atoms with E-state index in [1.54, 1.807) is 0 Å². The zero-order valence-corrected chi connectivity index (χ0v) is 10.5. The van der Waals surface area contributed by atoms with E-state index in [2.05, 4.69) is 30.7 Å². The SMILES string of the molecule is CCc1c(C)nc(C2(N)CCCC2)nc1C. The second-order valence-corrected chi connectivity index (χ2v) is 4.91. The lowest BCUT2D eigenvalue weighted by Gasteiger charge is -2.23. The molecule has 1 aromatic rings. The van der Waals surface area contributed by atoms with Crippen LogP contribution in [0.25, 0.3) is 0 Å². The van der Waals surface area contributed by atoms with Gasteiger partial charge in [0, 0.05) is 11.4 Å². The van der Waals surface area contributed by atoms with Crippen molar-refractivity contribution in [1.82, 2.24) is 9.97 Å². The third-order valence-corrected chi connectivity index (χ3v) is 3.72. The molecule has 1 aromatic heterocycles. The Bertz CT molecular complexity index is 369. The first kappa shape index (κ1) is 11.5. The van der Waals surface area contributed by atoms with E-state index in [0.29, 0.717) is 0 Å². The highest BCUT2D eigenvalue weighted by Crippen LogP contribution is 2.34. The van der Waals surface area contributed by atoms with E-state index < -0.39 is 0 Å². The molecule has 3 heteroatoms. The summed E-state index contributed by atoms with van der Waals surface area (Å²) in [4.78, 5) is 9.24. The Morgan fingerprint density at radius 1 is 1.12 bits per heavy atom. The van der Waals surface area contributed by atoms with Crippen molar-refractivity contribution in [1.29, 1.82) is 0 Å². The summed E-state index contributed by atoms with van der Waals surface area (Å²) in [6.07, 6.45) is 5.45. The normalized spacial score (nSPS) is 19.0. The molecule has 1 heterocycles. The fourth-order valence-corrected chi connectivity index (χ4v) is 2.70. The Labute approximate surface area is 97.5 Å². The fraction of sp³-hybridized carbons (Fsp3) is 0.692. The third-order valence-electron chi connectivity index (χ3n) is 3.72. The molecule has 0 atom stereocenters. The molecule has 0 spiro atoms. The van der Waals surface area contributed by atoms with Crippen LogP contribution < -0.4 is 5.73 Å². The van der Waals surface area contributed by atoms with E-state index in [1.165, 1.54) is 18.4 Å². The number of nitrogens with zero attached hydrogens (tertiary/aromatic N) is 2. The van der Waals surface area contributed by atoms with Crippen LogP contribution in [0.15, 0.2) is 0 Å². The van der Waals surface area contributed by atoms with E-state index in [-0.39, 0.29) is 5.54 Å². The van der Waals surface area contributed by atoms with Crippen LogP contribution in [-0.4, -0.2) is 9.97 Å². The van der Waals surface area contributed by atoms with Crippen LogP contribution in [0.1, 0.15) is 55.4 Å². The fourth-order valence-electron chi connectivity index (χ4n) is 2.70. The molecule has 1 saturated carbocycles. The van der Waals surface area contributed by atoms with E-state index in [9.17, 15) is 0 Å². The van der Waals surface area contributed by atoms with Crippen LogP contribution in [0.2, 0.25) is 0 Å². The number of aromatic nitrogens is 2. The van der Waals surface area contributed by atoms with Gasteiger partial charge >= 0.3 is 0 Å². The predicted octanol–water partition coefficient (Wildman–Crippen LogP) is 2.38. The summed E-state index contributed by atoms with van der Waals surface area (Å²) in [5.74, 6) is 0.859. The Morgan fingerprint density at radius 2 is 1.62 bits per heavy atom. The monoisotopic (exact) mass is 219 g/mol. The van der Waals surface area contributed by atoms with Crippen molar-refractivity contribution in [2.24, 2.45) is 5.73 Å². The minimum absolute atomic E-state index is 0.262. The zero-order valence-electron chi connectivity index (χ0n) is 10.5. The number of hydrogen-bond acceptors (Lipinski definition) is 3. The Kier molecular flexibility index (Phi) is 2.98. The molecule has 0 aliphatic heterocycles. The lowest BCUT2D eigenvalue weighted by molar-refractivity contribution is 0.428. The lowest BCUT2D eigenvalue weighted by atomic mass is 9.97. The predicted molar refractivity (Wildman–Crippen MR) is 65.2 cm³/mol. The second-order valence-electron chi connectivity index (χ2n) is 4.91. The lowest BCUT2D eigenvalue weighted by Crippen LogP contribution is -2.36. The van der Waals surface area contributed by atoms with E-state index >= 15 is 0 Å². The van der Waals surface area contributed by atoms with Gasteiger partial charge in [0.2, 0.25) is 0 Å². The highest BCUT2D eigenvalue weighted by atomic mass is 15.0. The minimum Gasteiger partial charge on any atom is -0.319 e. The van der Waals surface area contributed by atoms with Crippen LogP contribution in [0.5, 0.6) is 0 Å². The van der Waals surface area contributed by atoms with Gasteiger partial charge in [0.25, 0.3) is 0 Å². The molecule has 0 bridgehead atoms. The molecule has 0 saturated heterocycles. The van der Waals surface area contributed by atoms with Crippen LogP contribution in [0.4, 0.5) is 0 Å². The van der Waals surface area contributed by atoms with Crippen LogP contribution in [0.3, 0.4) is 0 Å². The van der Waals surface area contributed by atoms with E-state index in [1.807, 2.05) is 0 Å². The largest absolute Gasteiger partial charge is 0.319 e. The Balaban J connectivity index is 2.43. The first-order valence-corrected chi connectivity index (χ1v) is 6.20. The molecule has 0 unspecified atom stereocenters. The van der Waals surface area contributed by atoms with Crippen molar-refractivity contribution in [3.05, 3.63) is 22.8 Å². The summed E-state index contributed by atoms with van der Waals surface area (Å²) in [5, 5.41) is 0. The van der Waals surface area contributed by atoms with Gasteiger partial charge in [-0.1, -0.05) is 19.8 Å². The van der Waals surface area contributed by atoms with Crippen LogP contribution >= 0.6 is 0 Å². The molecule has 1 fully saturated rings. The summed E-state index contributed by atoms with van der Waals surface area (Å²) in [6, 6.07) is 0. The van der Waals surface area contributed by atoms with Crippen LogP contribution in [0, 0.1) is 13.8 Å². The van der Waals surface area contributed by atoms with Crippen molar-refractivity contribution < 1.29 is 0 Å². The van der Waals surface area contributed by atoms with Crippen molar-refractivity contribution >= 4 is 0 Å². The first-order valence-electron chi connectivity index (χ1n) is 6.20. The van der Waals surface area contributed by atoms with Gasteiger partial charge in [0.15, 0.2) is 0 Å². The van der Waals surface area contributed by atoms with Crippen molar-refractivity contribution in [3.8, 4) is 0 Å². The second kappa shape index (κ2) is 4.13. The van der Waals surface area contributed by atoms with Gasteiger partial charge in [0.1, 0.15) is 5.82 Å². The molecule has 1 aliphatic carbocycles. The van der Waals surface area contributed by atoms with Crippen molar-refractivity contribution in [2.75, 3.05) is 0 Å². The quantitative estimate of drug-likeness (QED) is 0.831.